The molecule has 0 fully saturated rings. The van der Waals surface area contributed by atoms with Crippen molar-refractivity contribution in [3.05, 3.63) is 23.8 Å². The van der Waals surface area contributed by atoms with E-state index in [1.165, 1.54) is 6.07 Å². The minimum Gasteiger partial charge on any atom is -0.494 e. The number of halogens is 3. The maximum atomic E-state index is 12.2. The van der Waals surface area contributed by atoms with E-state index in [1.54, 1.807) is 13.8 Å². The summed E-state index contributed by atoms with van der Waals surface area (Å²) in [4.78, 5) is 11.4. The number of benzene rings is 1. The molecule has 0 aromatic heterocycles. The molecule has 0 N–H and O–H groups in total. The number of carbonyl (C=O) groups is 1. The van der Waals surface area contributed by atoms with Gasteiger partial charge in [-0.2, -0.15) is 0 Å². The number of alkyl halides is 3. The second kappa shape index (κ2) is 7.02. The molecular formula is C13H15F3O4. The van der Waals surface area contributed by atoms with E-state index >= 15 is 0 Å². The van der Waals surface area contributed by atoms with Crippen LogP contribution in [0.1, 0.15) is 19.4 Å². The lowest BCUT2D eigenvalue weighted by Gasteiger charge is -2.12. The Hall–Kier alpha value is -1.92. The van der Waals surface area contributed by atoms with E-state index in [0.29, 0.717) is 5.56 Å². The fourth-order valence-electron chi connectivity index (χ4n) is 1.55. The van der Waals surface area contributed by atoms with Gasteiger partial charge in [-0.3, -0.25) is 4.79 Å². The molecule has 0 bridgehead atoms. The van der Waals surface area contributed by atoms with Crippen molar-refractivity contribution in [2.75, 3.05) is 13.2 Å². The Kier molecular flexibility index (Phi) is 5.66. The molecule has 0 unspecified atom stereocenters. The number of esters is 1. The molecule has 0 atom stereocenters. The van der Waals surface area contributed by atoms with Crippen LogP contribution in [0.25, 0.3) is 0 Å². The summed E-state index contributed by atoms with van der Waals surface area (Å²) in [7, 11) is 0. The zero-order valence-corrected chi connectivity index (χ0v) is 11.1. The van der Waals surface area contributed by atoms with Gasteiger partial charge in [-0.15, -0.1) is 13.2 Å². The summed E-state index contributed by atoms with van der Waals surface area (Å²) in [5, 5.41) is 0. The predicted molar refractivity (Wildman–Crippen MR) is 64.6 cm³/mol. The molecule has 20 heavy (non-hydrogen) atoms. The third kappa shape index (κ3) is 5.81. The van der Waals surface area contributed by atoms with Crippen molar-refractivity contribution < 1.29 is 32.2 Å². The molecule has 0 saturated carbocycles. The van der Waals surface area contributed by atoms with E-state index in [9.17, 15) is 18.0 Å². The average Bonchev–Trinajstić information content (AvgIpc) is 2.26. The first-order valence-electron chi connectivity index (χ1n) is 6.02. The molecule has 1 rings (SSSR count). The molecule has 0 radical (unpaired) electrons. The third-order valence-corrected chi connectivity index (χ3v) is 2.14. The van der Waals surface area contributed by atoms with Crippen molar-refractivity contribution in [1.82, 2.24) is 0 Å². The molecule has 0 aliphatic rings. The van der Waals surface area contributed by atoms with Crippen LogP contribution in [0.15, 0.2) is 18.2 Å². The highest BCUT2D eigenvalue weighted by Crippen LogP contribution is 2.28. The van der Waals surface area contributed by atoms with Crippen molar-refractivity contribution in [3.63, 3.8) is 0 Å². The fourth-order valence-corrected chi connectivity index (χ4v) is 1.55. The summed E-state index contributed by atoms with van der Waals surface area (Å²) in [6.07, 6.45) is -4.95. The third-order valence-electron chi connectivity index (χ3n) is 2.14. The van der Waals surface area contributed by atoms with Gasteiger partial charge in [-0.1, -0.05) is 0 Å². The first-order chi connectivity index (χ1) is 9.34. The van der Waals surface area contributed by atoms with Crippen LogP contribution in [0.4, 0.5) is 13.2 Å². The highest BCUT2D eigenvalue weighted by atomic mass is 19.4. The number of ether oxygens (including phenoxy) is 3. The highest BCUT2D eigenvalue weighted by Gasteiger charge is 2.31. The summed E-state index contributed by atoms with van der Waals surface area (Å²) in [6.45, 7) is 3.83. The van der Waals surface area contributed by atoms with Gasteiger partial charge in [0.15, 0.2) is 0 Å². The van der Waals surface area contributed by atoms with Gasteiger partial charge < -0.3 is 14.2 Å². The van der Waals surface area contributed by atoms with Gasteiger partial charge in [0.25, 0.3) is 0 Å². The fraction of sp³-hybridized carbons (Fsp3) is 0.462. The summed E-state index contributed by atoms with van der Waals surface area (Å²) < 4.78 is 50.4. The van der Waals surface area contributed by atoms with Crippen LogP contribution < -0.4 is 9.47 Å². The molecule has 0 heterocycles. The first-order valence-corrected chi connectivity index (χ1v) is 6.02. The van der Waals surface area contributed by atoms with E-state index in [-0.39, 0.29) is 25.4 Å². The Bertz CT molecular complexity index is 457. The minimum atomic E-state index is -4.80. The van der Waals surface area contributed by atoms with Crippen LogP contribution in [-0.4, -0.2) is 25.5 Å². The molecule has 0 saturated heterocycles. The number of hydrogen-bond donors (Lipinski definition) is 0. The number of rotatable bonds is 6. The van der Waals surface area contributed by atoms with Crippen LogP contribution in [-0.2, 0) is 16.0 Å². The van der Waals surface area contributed by atoms with Gasteiger partial charge in [-0.05, 0) is 31.5 Å². The summed E-state index contributed by atoms with van der Waals surface area (Å²) >= 11 is 0. The Morgan fingerprint density at radius 1 is 1.10 bits per heavy atom. The molecule has 0 aliphatic carbocycles. The quantitative estimate of drug-likeness (QED) is 0.756. The zero-order chi connectivity index (χ0) is 15.2. The number of carbonyl (C=O) groups excluding carboxylic acids is 1. The molecule has 0 aliphatic heterocycles. The van der Waals surface area contributed by atoms with Crippen molar-refractivity contribution in [3.8, 4) is 11.5 Å². The van der Waals surface area contributed by atoms with Gasteiger partial charge in [-0.25, -0.2) is 0 Å². The lowest BCUT2D eigenvalue weighted by Crippen LogP contribution is -2.17. The van der Waals surface area contributed by atoms with Crippen LogP contribution in [0.5, 0.6) is 11.5 Å². The Morgan fingerprint density at radius 2 is 1.75 bits per heavy atom. The Labute approximate surface area is 114 Å². The van der Waals surface area contributed by atoms with Gasteiger partial charge in [0.05, 0.1) is 19.6 Å². The summed E-state index contributed by atoms with van der Waals surface area (Å²) in [5.41, 5.74) is 0.327. The van der Waals surface area contributed by atoms with Gasteiger partial charge >= 0.3 is 12.3 Å². The second-order valence-corrected chi connectivity index (χ2v) is 3.78. The van der Waals surface area contributed by atoms with Crippen molar-refractivity contribution in [1.29, 1.82) is 0 Å². The SMILES string of the molecule is CCOC(=O)Cc1cc(OCC)cc(OC(F)(F)F)c1. The first kappa shape index (κ1) is 16.1. The van der Waals surface area contributed by atoms with Crippen molar-refractivity contribution in [2.24, 2.45) is 0 Å². The highest BCUT2D eigenvalue weighted by molar-refractivity contribution is 5.73. The normalized spacial score (nSPS) is 11.1. The molecule has 1 aromatic carbocycles. The number of hydrogen-bond acceptors (Lipinski definition) is 4. The van der Waals surface area contributed by atoms with Gasteiger partial charge in [0.2, 0.25) is 0 Å². The van der Waals surface area contributed by atoms with E-state index in [0.717, 1.165) is 12.1 Å². The van der Waals surface area contributed by atoms with E-state index in [4.69, 9.17) is 9.47 Å². The van der Waals surface area contributed by atoms with E-state index in [2.05, 4.69) is 4.74 Å². The topological polar surface area (TPSA) is 44.8 Å². The molecular weight excluding hydrogens is 277 g/mol. The Morgan fingerprint density at radius 3 is 2.30 bits per heavy atom. The van der Waals surface area contributed by atoms with E-state index < -0.39 is 18.1 Å². The van der Waals surface area contributed by atoms with Gasteiger partial charge in [0, 0.05) is 6.07 Å². The molecule has 0 amide bonds. The standard InChI is InChI=1S/C13H15F3O4/c1-3-18-10-5-9(7-12(17)19-4-2)6-11(8-10)20-13(14,15)16/h5-6,8H,3-4,7H2,1-2H3. The molecule has 7 heteroatoms. The predicted octanol–water partition coefficient (Wildman–Crippen LogP) is 3.09. The molecule has 112 valence electrons. The lowest BCUT2D eigenvalue weighted by atomic mass is 10.1. The molecule has 1 aromatic rings. The smallest absolute Gasteiger partial charge is 0.494 e. The minimum absolute atomic E-state index is 0.150. The second-order valence-electron chi connectivity index (χ2n) is 3.78. The van der Waals surface area contributed by atoms with Crippen LogP contribution >= 0.6 is 0 Å². The summed E-state index contributed by atoms with van der Waals surface area (Å²) in [5.74, 6) is -0.754. The zero-order valence-electron chi connectivity index (χ0n) is 11.1. The lowest BCUT2D eigenvalue weighted by molar-refractivity contribution is -0.274. The Balaban J connectivity index is 2.95. The van der Waals surface area contributed by atoms with Gasteiger partial charge in [0.1, 0.15) is 11.5 Å². The monoisotopic (exact) mass is 292 g/mol. The molecule has 4 nitrogen and oxygen atoms in total. The maximum absolute atomic E-state index is 12.2. The van der Waals surface area contributed by atoms with Crippen molar-refractivity contribution >= 4 is 5.97 Å². The largest absolute Gasteiger partial charge is 0.573 e. The maximum Gasteiger partial charge on any atom is 0.573 e. The van der Waals surface area contributed by atoms with Crippen LogP contribution in [0.2, 0.25) is 0 Å². The average molecular weight is 292 g/mol. The van der Waals surface area contributed by atoms with E-state index in [1.807, 2.05) is 0 Å². The van der Waals surface area contributed by atoms with Crippen LogP contribution in [0.3, 0.4) is 0 Å². The van der Waals surface area contributed by atoms with Crippen molar-refractivity contribution in [2.45, 2.75) is 26.6 Å². The molecule has 0 spiro atoms. The van der Waals surface area contributed by atoms with Crippen LogP contribution in [0, 0.1) is 0 Å². The summed E-state index contributed by atoms with van der Waals surface area (Å²) in [6, 6.07) is 3.72.